The largest absolute Gasteiger partial charge is 0.465 e. The zero-order valence-corrected chi connectivity index (χ0v) is 13.8. The van der Waals surface area contributed by atoms with E-state index in [1.54, 1.807) is 12.1 Å². The van der Waals surface area contributed by atoms with Crippen molar-refractivity contribution in [3.05, 3.63) is 78.1 Å². The van der Waals surface area contributed by atoms with Gasteiger partial charge in [-0.3, -0.25) is 0 Å². The van der Waals surface area contributed by atoms with Crippen molar-refractivity contribution in [2.75, 3.05) is 7.11 Å². The summed E-state index contributed by atoms with van der Waals surface area (Å²) in [5.74, 6) is -0.913. The number of rotatable bonds is 2. The number of ether oxygens (including phenoxy) is 1. The Morgan fingerprint density at radius 3 is 2.04 bits per heavy atom. The summed E-state index contributed by atoms with van der Waals surface area (Å²) >= 11 is 0. The van der Waals surface area contributed by atoms with E-state index in [4.69, 9.17) is 0 Å². The molecule has 0 unspecified atom stereocenters. The third-order valence-corrected chi connectivity index (χ3v) is 6.44. The molecule has 0 N–H and O–H groups in total. The van der Waals surface area contributed by atoms with Gasteiger partial charge in [-0.25, -0.2) is 9.18 Å². The molecule has 0 aliphatic carbocycles. The maximum Gasteiger partial charge on any atom is 0.337 e. The molecule has 0 fully saturated rings. The molecule has 0 spiro atoms. The lowest BCUT2D eigenvalue weighted by atomic mass is 10.2. The lowest BCUT2D eigenvalue weighted by molar-refractivity contribution is 0.0600. The molecule has 24 heavy (non-hydrogen) atoms. The van der Waals surface area contributed by atoms with E-state index in [-0.39, 0.29) is 11.4 Å². The first kappa shape index (κ1) is 14.8. The molecule has 1 aromatic heterocycles. The number of hydrogen-bond acceptors (Lipinski definition) is 2. The predicted octanol–water partition coefficient (Wildman–Crippen LogP) is 5.66. The smallest absolute Gasteiger partial charge is 0.337 e. The molecule has 1 heterocycles. The minimum Gasteiger partial charge on any atom is -0.465 e. The Morgan fingerprint density at radius 1 is 0.917 bits per heavy atom. The van der Waals surface area contributed by atoms with E-state index in [0.29, 0.717) is 4.90 Å². The highest BCUT2D eigenvalue weighted by Crippen LogP contribution is 2.48. The molecule has 0 aliphatic heterocycles. The first-order valence-electron chi connectivity index (χ1n) is 7.51. The molecule has 0 amide bonds. The van der Waals surface area contributed by atoms with Gasteiger partial charge in [-0.2, -0.15) is 0 Å². The molecule has 118 valence electrons. The summed E-state index contributed by atoms with van der Waals surface area (Å²) in [6, 6.07) is 20.8. The van der Waals surface area contributed by atoms with E-state index < -0.39 is 16.4 Å². The van der Waals surface area contributed by atoms with Crippen molar-refractivity contribution >= 4 is 36.6 Å². The van der Waals surface area contributed by atoms with Gasteiger partial charge in [0.05, 0.1) is 12.7 Å². The SMILES string of the molecule is COC(=O)c1ccc(-[s+]2c3ccccc3c3ccccc32)c(F)c1. The fraction of sp³-hybridized carbons (Fsp3) is 0.0500. The lowest BCUT2D eigenvalue weighted by Gasteiger charge is -2.00. The quantitative estimate of drug-likeness (QED) is 0.349. The maximum absolute atomic E-state index is 14.8. The second-order valence-corrected chi connectivity index (χ2v) is 7.37. The molecule has 0 saturated carbocycles. The summed E-state index contributed by atoms with van der Waals surface area (Å²) in [6.07, 6.45) is 0. The van der Waals surface area contributed by atoms with E-state index in [9.17, 15) is 9.18 Å². The highest BCUT2D eigenvalue weighted by Gasteiger charge is 2.26. The van der Waals surface area contributed by atoms with Crippen molar-refractivity contribution in [3.63, 3.8) is 0 Å². The molecule has 0 aliphatic rings. The van der Waals surface area contributed by atoms with Gasteiger partial charge in [0.1, 0.15) is 0 Å². The van der Waals surface area contributed by atoms with E-state index in [0.717, 1.165) is 20.2 Å². The third kappa shape index (κ3) is 2.19. The second-order valence-electron chi connectivity index (χ2n) is 5.44. The minimum absolute atomic E-state index is 0.225. The Labute approximate surface area is 141 Å². The summed E-state index contributed by atoms with van der Waals surface area (Å²) in [4.78, 5) is 12.2. The van der Waals surface area contributed by atoms with Crippen LogP contribution in [0.2, 0.25) is 0 Å². The third-order valence-electron chi connectivity index (χ3n) is 4.08. The number of benzene rings is 3. The van der Waals surface area contributed by atoms with Crippen molar-refractivity contribution < 1.29 is 13.9 Å². The fourth-order valence-electron chi connectivity index (χ4n) is 3.00. The van der Waals surface area contributed by atoms with E-state index >= 15 is 0 Å². The molecule has 3 aromatic carbocycles. The van der Waals surface area contributed by atoms with Gasteiger partial charge in [0.25, 0.3) is 0 Å². The van der Waals surface area contributed by atoms with Gasteiger partial charge in [0.2, 0.25) is 4.90 Å². The zero-order chi connectivity index (χ0) is 16.7. The van der Waals surface area contributed by atoms with Crippen molar-refractivity contribution in [1.29, 1.82) is 0 Å². The second kappa shape index (κ2) is 5.73. The van der Waals surface area contributed by atoms with Crippen LogP contribution in [0.4, 0.5) is 4.39 Å². The molecule has 4 heteroatoms. The Kier molecular flexibility index (Phi) is 3.54. The van der Waals surface area contributed by atoms with Crippen LogP contribution in [0.5, 0.6) is 0 Å². The number of carbonyl (C=O) groups excluding carboxylic acids is 1. The van der Waals surface area contributed by atoms with Crippen LogP contribution in [0.25, 0.3) is 25.1 Å². The number of halogens is 1. The number of fused-ring (bicyclic) bond motifs is 3. The molecule has 0 bridgehead atoms. The predicted molar refractivity (Wildman–Crippen MR) is 96.6 cm³/mol. The highest BCUT2D eigenvalue weighted by atomic mass is 32.2. The maximum atomic E-state index is 14.8. The number of hydrogen-bond donors (Lipinski definition) is 0. The van der Waals surface area contributed by atoms with Crippen molar-refractivity contribution in [2.24, 2.45) is 0 Å². The lowest BCUT2D eigenvalue weighted by Crippen LogP contribution is -2.01. The molecule has 0 radical (unpaired) electrons. The number of carbonyl (C=O) groups is 1. The summed E-state index contributed by atoms with van der Waals surface area (Å²) in [5.41, 5.74) is 0.225. The van der Waals surface area contributed by atoms with Crippen LogP contribution in [0.3, 0.4) is 0 Å². The first-order valence-corrected chi connectivity index (χ1v) is 8.74. The summed E-state index contributed by atoms with van der Waals surface area (Å²) in [6.45, 7) is 0. The Balaban J connectivity index is 2.04. The van der Waals surface area contributed by atoms with E-state index in [2.05, 4.69) is 16.9 Å². The molecule has 4 aromatic rings. The van der Waals surface area contributed by atoms with E-state index in [1.807, 2.05) is 36.4 Å². The normalized spacial score (nSPS) is 11.1. The van der Waals surface area contributed by atoms with E-state index in [1.165, 1.54) is 13.2 Å². The van der Waals surface area contributed by atoms with Crippen molar-refractivity contribution in [2.45, 2.75) is 0 Å². The van der Waals surface area contributed by atoms with Crippen LogP contribution in [-0.2, 0) is 4.74 Å². The van der Waals surface area contributed by atoms with Gasteiger partial charge in [-0.05, 0) is 36.4 Å². The van der Waals surface area contributed by atoms with Crippen LogP contribution in [-0.4, -0.2) is 13.1 Å². The molecule has 0 atom stereocenters. The number of esters is 1. The zero-order valence-electron chi connectivity index (χ0n) is 13.0. The number of methoxy groups -OCH3 is 1. The monoisotopic (exact) mass is 337 g/mol. The van der Waals surface area contributed by atoms with Gasteiger partial charge in [0.15, 0.2) is 15.2 Å². The van der Waals surface area contributed by atoms with Crippen LogP contribution in [0.15, 0.2) is 66.7 Å². The highest BCUT2D eigenvalue weighted by molar-refractivity contribution is 7.50. The summed E-state index contributed by atoms with van der Waals surface area (Å²) in [5, 5.41) is 2.29. The van der Waals surface area contributed by atoms with Crippen LogP contribution < -0.4 is 0 Å². The molecule has 2 nitrogen and oxygen atoms in total. The van der Waals surface area contributed by atoms with Gasteiger partial charge in [-0.15, -0.1) is 0 Å². The molecule has 4 rings (SSSR count). The summed E-state index contributed by atoms with van der Waals surface area (Å²) < 4.78 is 21.7. The van der Waals surface area contributed by atoms with Crippen molar-refractivity contribution in [1.82, 2.24) is 0 Å². The minimum atomic E-state index is -0.531. The fourth-order valence-corrected chi connectivity index (χ4v) is 5.39. The molecular formula is C20H14FO2S+. The van der Waals surface area contributed by atoms with Crippen LogP contribution in [0, 0.1) is 5.82 Å². The average Bonchev–Trinajstić information content (AvgIpc) is 2.95. The topological polar surface area (TPSA) is 26.3 Å². The average molecular weight is 337 g/mol. The van der Waals surface area contributed by atoms with Gasteiger partial charge in [-0.1, -0.05) is 24.3 Å². The van der Waals surface area contributed by atoms with Gasteiger partial charge >= 0.3 is 5.97 Å². The standard InChI is InChI=1S/C20H14FO2S/c1-23-20(22)13-10-11-19(16(21)12-13)24-17-8-4-2-6-14(17)15-7-3-5-9-18(15)24/h2-12H,1H3/q+1. The van der Waals surface area contributed by atoms with Crippen molar-refractivity contribution in [3.8, 4) is 4.90 Å². The Bertz CT molecular complexity index is 1030. The first-order chi connectivity index (χ1) is 11.7. The van der Waals surface area contributed by atoms with Gasteiger partial charge in [0, 0.05) is 27.3 Å². The van der Waals surface area contributed by atoms with Crippen LogP contribution in [0.1, 0.15) is 10.4 Å². The summed E-state index contributed by atoms with van der Waals surface area (Å²) in [7, 11) is 0.788. The number of thiophene rings is 1. The van der Waals surface area contributed by atoms with Crippen LogP contribution >= 0.6 is 10.5 Å². The molecular weight excluding hydrogens is 323 g/mol. The molecule has 0 saturated heterocycles. The Hall–Kier alpha value is -2.72. The Morgan fingerprint density at radius 2 is 1.50 bits per heavy atom. The van der Waals surface area contributed by atoms with Gasteiger partial charge < -0.3 is 4.74 Å².